The Balaban J connectivity index is 2.02. The first kappa shape index (κ1) is 17.1. The van der Waals surface area contributed by atoms with Crippen LogP contribution in [0.15, 0.2) is 45.6 Å². The van der Waals surface area contributed by atoms with Gasteiger partial charge in [-0.1, -0.05) is 6.07 Å². The van der Waals surface area contributed by atoms with E-state index >= 15 is 0 Å². The van der Waals surface area contributed by atoms with Gasteiger partial charge < -0.3 is 18.6 Å². The van der Waals surface area contributed by atoms with Gasteiger partial charge in [0.05, 0.1) is 20.6 Å². The summed E-state index contributed by atoms with van der Waals surface area (Å²) in [6.07, 6.45) is 0.118. The van der Waals surface area contributed by atoms with Gasteiger partial charge in [0.15, 0.2) is 0 Å². The second-order valence-corrected chi connectivity index (χ2v) is 6.44. The molecule has 3 aromatic rings. The first-order valence-corrected chi connectivity index (χ1v) is 8.51. The molecule has 0 N–H and O–H groups in total. The molecule has 1 atom stereocenters. The van der Waals surface area contributed by atoms with E-state index in [0.717, 1.165) is 16.5 Å². The Morgan fingerprint density at radius 3 is 2.59 bits per heavy atom. The summed E-state index contributed by atoms with van der Waals surface area (Å²) in [5, 5.41) is 0.809. The molecule has 0 saturated heterocycles. The van der Waals surface area contributed by atoms with Gasteiger partial charge >= 0.3 is 11.6 Å². The molecule has 138 valence electrons. The van der Waals surface area contributed by atoms with Crippen LogP contribution in [0.2, 0.25) is 0 Å². The molecule has 0 fully saturated rings. The van der Waals surface area contributed by atoms with E-state index in [1.54, 1.807) is 32.4 Å². The summed E-state index contributed by atoms with van der Waals surface area (Å²) in [5.74, 6) is 0.923. The van der Waals surface area contributed by atoms with Crippen molar-refractivity contribution < 1.29 is 23.4 Å². The molecule has 0 bridgehead atoms. The summed E-state index contributed by atoms with van der Waals surface area (Å²) >= 11 is 0. The van der Waals surface area contributed by atoms with Crippen LogP contribution in [-0.4, -0.2) is 20.2 Å². The predicted molar refractivity (Wildman–Crippen MR) is 98.9 cm³/mol. The van der Waals surface area contributed by atoms with Gasteiger partial charge in [-0.2, -0.15) is 0 Å². The van der Waals surface area contributed by atoms with Crippen molar-refractivity contribution >= 4 is 16.9 Å². The predicted octanol–water partition coefficient (Wildman–Crippen LogP) is 3.56. The van der Waals surface area contributed by atoms with Crippen LogP contribution in [-0.2, 0) is 4.79 Å². The number of carbonyl (C=O) groups excluding carboxylic acids is 1. The van der Waals surface area contributed by atoms with E-state index in [9.17, 15) is 9.59 Å². The number of benzene rings is 2. The van der Waals surface area contributed by atoms with Gasteiger partial charge in [-0.15, -0.1) is 0 Å². The minimum Gasteiger partial charge on any atom is -0.497 e. The molecular formula is C21H18O6. The number of carbonyl (C=O) groups is 1. The minimum absolute atomic E-state index is 0.118. The maximum Gasteiger partial charge on any atom is 0.336 e. The Kier molecular flexibility index (Phi) is 4.11. The van der Waals surface area contributed by atoms with Crippen molar-refractivity contribution in [3.63, 3.8) is 0 Å². The van der Waals surface area contributed by atoms with Gasteiger partial charge in [-0.25, -0.2) is 4.79 Å². The van der Waals surface area contributed by atoms with E-state index in [1.165, 1.54) is 6.07 Å². The highest BCUT2D eigenvalue weighted by atomic mass is 16.5. The summed E-state index contributed by atoms with van der Waals surface area (Å²) in [4.78, 5) is 24.2. The van der Waals surface area contributed by atoms with Crippen LogP contribution in [0, 0.1) is 6.92 Å². The van der Waals surface area contributed by atoms with Crippen molar-refractivity contribution in [2.24, 2.45) is 0 Å². The molecule has 0 spiro atoms. The Morgan fingerprint density at radius 1 is 1.04 bits per heavy atom. The molecule has 1 aromatic heterocycles. The van der Waals surface area contributed by atoms with Crippen LogP contribution in [0.1, 0.15) is 29.0 Å². The lowest BCUT2D eigenvalue weighted by atomic mass is 9.84. The maximum absolute atomic E-state index is 12.2. The number of hydrogen-bond donors (Lipinski definition) is 0. The van der Waals surface area contributed by atoms with Crippen molar-refractivity contribution in [1.82, 2.24) is 0 Å². The smallest absolute Gasteiger partial charge is 0.336 e. The van der Waals surface area contributed by atoms with Crippen molar-refractivity contribution in [3.8, 4) is 17.2 Å². The molecule has 0 unspecified atom stereocenters. The lowest BCUT2D eigenvalue weighted by molar-refractivity contribution is -0.135. The number of hydrogen-bond acceptors (Lipinski definition) is 6. The molecule has 6 heteroatoms. The van der Waals surface area contributed by atoms with E-state index in [0.29, 0.717) is 28.4 Å². The molecule has 6 nitrogen and oxygen atoms in total. The minimum atomic E-state index is -0.439. The molecule has 0 radical (unpaired) electrons. The molecule has 4 rings (SSSR count). The third-order valence-corrected chi connectivity index (χ3v) is 4.88. The maximum atomic E-state index is 12.2. The Morgan fingerprint density at radius 2 is 1.85 bits per heavy atom. The number of aryl methyl sites for hydroxylation is 1. The lowest BCUT2D eigenvalue weighted by Gasteiger charge is -2.27. The zero-order valence-electron chi connectivity index (χ0n) is 15.2. The number of ether oxygens (including phenoxy) is 3. The summed E-state index contributed by atoms with van der Waals surface area (Å²) in [6, 6.07) is 10.4. The van der Waals surface area contributed by atoms with Gasteiger partial charge in [0, 0.05) is 34.6 Å². The summed E-state index contributed by atoms with van der Waals surface area (Å²) in [7, 11) is 3.14. The summed E-state index contributed by atoms with van der Waals surface area (Å²) in [5.41, 5.74) is 2.28. The third kappa shape index (κ3) is 2.83. The fraction of sp³-hybridized carbons (Fsp3) is 0.238. The second-order valence-electron chi connectivity index (χ2n) is 6.44. The molecule has 0 saturated carbocycles. The topological polar surface area (TPSA) is 75.0 Å². The number of rotatable bonds is 3. The molecule has 0 aliphatic carbocycles. The van der Waals surface area contributed by atoms with Crippen molar-refractivity contribution in [2.45, 2.75) is 19.3 Å². The van der Waals surface area contributed by atoms with Gasteiger partial charge in [0.2, 0.25) is 0 Å². The number of esters is 1. The Labute approximate surface area is 155 Å². The molecule has 1 aliphatic rings. The molecule has 1 aliphatic heterocycles. The van der Waals surface area contributed by atoms with Crippen LogP contribution < -0.4 is 19.8 Å². The standard InChI is InChI=1S/C21H18O6/c1-11-8-18(22)27-21-13(11)6-7-16-20(21)15(10-19(23)26-16)14-5-4-12(24-2)9-17(14)25-3/h4-9,15H,10H2,1-3H3/t15-/m0/s1. The average Bonchev–Trinajstić information content (AvgIpc) is 2.66. The Bertz CT molecular complexity index is 1110. The summed E-state index contributed by atoms with van der Waals surface area (Å²) in [6.45, 7) is 1.85. The highest BCUT2D eigenvalue weighted by Gasteiger charge is 2.33. The highest BCUT2D eigenvalue weighted by Crippen LogP contribution is 2.46. The lowest BCUT2D eigenvalue weighted by Crippen LogP contribution is -2.22. The SMILES string of the molecule is COc1ccc([C@@H]2CC(=O)Oc3ccc4c(C)cc(=O)oc4c32)c(OC)c1. The molecular weight excluding hydrogens is 348 g/mol. The van der Waals surface area contributed by atoms with Crippen LogP contribution in [0.5, 0.6) is 17.2 Å². The largest absolute Gasteiger partial charge is 0.497 e. The zero-order valence-corrected chi connectivity index (χ0v) is 15.2. The second kappa shape index (κ2) is 6.46. The quantitative estimate of drug-likeness (QED) is 0.401. The highest BCUT2D eigenvalue weighted by molar-refractivity contribution is 5.90. The average molecular weight is 366 g/mol. The van der Waals surface area contributed by atoms with Crippen molar-refractivity contribution in [3.05, 3.63) is 63.5 Å². The van der Waals surface area contributed by atoms with E-state index in [4.69, 9.17) is 18.6 Å². The van der Waals surface area contributed by atoms with Gasteiger partial charge in [0.1, 0.15) is 22.8 Å². The van der Waals surface area contributed by atoms with Gasteiger partial charge in [-0.3, -0.25) is 4.79 Å². The Hall–Kier alpha value is -3.28. The molecule has 2 heterocycles. The monoisotopic (exact) mass is 366 g/mol. The van der Waals surface area contributed by atoms with Gasteiger partial charge in [0.25, 0.3) is 0 Å². The molecule has 2 aromatic carbocycles. The van der Waals surface area contributed by atoms with Crippen LogP contribution >= 0.6 is 0 Å². The number of fused-ring (bicyclic) bond motifs is 3. The fourth-order valence-electron chi connectivity index (χ4n) is 3.61. The van der Waals surface area contributed by atoms with E-state index in [2.05, 4.69) is 0 Å². The zero-order chi connectivity index (χ0) is 19.1. The van der Waals surface area contributed by atoms with Crippen LogP contribution in [0.3, 0.4) is 0 Å². The first-order chi connectivity index (χ1) is 13.0. The first-order valence-electron chi connectivity index (χ1n) is 8.51. The van der Waals surface area contributed by atoms with Crippen molar-refractivity contribution in [2.75, 3.05) is 14.2 Å². The van der Waals surface area contributed by atoms with Gasteiger partial charge in [-0.05, 0) is 30.7 Å². The third-order valence-electron chi connectivity index (χ3n) is 4.88. The van der Waals surface area contributed by atoms with Crippen LogP contribution in [0.25, 0.3) is 11.0 Å². The summed E-state index contributed by atoms with van der Waals surface area (Å²) < 4.78 is 21.7. The van der Waals surface area contributed by atoms with Crippen LogP contribution in [0.4, 0.5) is 0 Å². The van der Waals surface area contributed by atoms with Crippen molar-refractivity contribution in [1.29, 1.82) is 0 Å². The van der Waals surface area contributed by atoms with E-state index in [-0.39, 0.29) is 18.3 Å². The van der Waals surface area contributed by atoms with E-state index < -0.39 is 5.63 Å². The fourth-order valence-corrected chi connectivity index (χ4v) is 3.61. The normalized spacial score (nSPS) is 16.0. The number of methoxy groups -OCH3 is 2. The molecule has 0 amide bonds. The van der Waals surface area contributed by atoms with E-state index in [1.807, 2.05) is 19.1 Å². The molecule has 27 heavy (non-hydrogen) atoms.